The third-order valence-electron chi connectivity index (χ3n) is 4.28. The van der Waals surface area contributed by atoms with E-state index in [1.54, 1.807) is 0 Å². The Hall–Kier alpha value is -1.21. The number of benzene rings is 1. The number of aryl methyl sites for hydroxylation is 2. The van der Waals surface area contributed by atoms with E-state index in [0.29, 0.717) is 5.92 Å². The van der Waals surface area contributed by atoms with Crippen molar-refractivity contribution in [2.24, 2.45) is 0 Å². The first kappa shape index (κ1) is 15.2. The van der Waals surface area contributed by atoms with Crippen LogP contribution in [0.4, 0.5) is 0 Å². The zero-order valence-electron chi connectivity index (χ0n) is 13.0. The predicted molar refractivity (Wildman–Crippen MR) is 85.8 cm³/mol. The molecule has 1 aromatic carbocycles. The summed E-state index contributed by atoms with van der Waals surface area (Å²) in [5, 5.41) is -0.140. The lowest BCUT2D eigenvalue weighted by molar-refractivity contribution is 0.500. The van der Waals surface area contributed by atoms with Crippen molar-refractivity contribution in [3.8, 4) is 0 Å². The SMILES string of the molecule is CCC(C)c1ccc(C(Cl)c2c(C)oc(C)c2C)cc1. The van der Waals surface area contributed by atoms with Gasteiger partial charge in [-0.2, -0.15) is 0 Å². The van der Waals surface area contributed by atoms with Crippen LogP contribution in [0.3, 0.4) is 0 Å². The maximum Gasteiger partial charge on any atom is 0.106 e. The summed E-state index contributed by atoms with van der Waals surface area (Å²) in [6.07, 6.45) is 1.16. The molecule has 0 aliphatic heterocycles. The Morgan fingerprint density at radius 1 is 1.00 bits per heavy atom. The summed E-state index contributed by atoms with van der Waals surface area (Å²) in [6.45, 7) is 10.5. The van der Waals surface area contributed by atoms with Crippen molar-refractivity contribution in [3.63, 3.8) is 0 Å². The molecule has 0 spiro atoms. The lowest BCUT2D eigenvalue weighted by atomic mass is 9.95. The van der Waals surface area contributed by atoms with E-state index < -0.39 is 0 Å². The molecular formula is C18H23ClO. The lowest BCUT2D eigenvalue weighted by Gasteiger charge is -2.13. The van der Waals surface area contributed by atoms with Gasteiger partial charge >= 0.3 is 0 Å². The minimum absolute atomic E-state index is 0.140. The first-order valence-electron chi connectivity index (χ1n) is 7.26. The Kier molecular flexibility index (Phi) is 4.59. The van der Waals surface area contributed by atoms with Gasteiger partial charge in [0.25, 0.3) is 0 Å². The Morgan fingerprint density at radius 3 is 2.00 bits per heavy atom. The largest absolute Gasteiger partial charge is 0.466 e. The first-order valence-corrected chi connectivity index (χ1v) is 7.69. The van der Waals surface area contributed by atoms with E-state index in [0.717, 1.165) is 34.6 Å². The number of furan rings is 1. The first-order chi connectivity index (χ1) is 9.45. The second kappa shape index (κ2) is 6.05. The van der Waals surface area contributed by atoms with Crippen molar-refractivity contribution >= 4 is 11.6 Å². The van der Waals surface area contributed by atoms with Crippen LogP contribution in [0, 0.1) is 20.8 Å². The standard InChI is InChI=1S/C18H23ClO/c1-6-11(2)15-7-9-16(10-8-15)18(19)17-12(3)13(4)20-14(17)5/h7-11,18H,6H2,1-5H3. The topological polar surface area (TPSA) is 13.1 Å². The molecule has 0 aliphatic rings. The minimum Gasteiger partial charge on any atom is -0.466 e. The maximum atomic E-state index is 6.66. The molecule has 2 heteroatoms. The second-order valence-electron chi connectivity index (χ2n) is 5.59. The van der Waals surface area contributed by atoms with Gasteiger partial charge in [0.15, 0.2) is 0 Å². The fourth-order valence-corrected chi connectivity index (χ4v) is 3.04. The molecule has 1 heterocycles. The highest BCUT2D eigenvalue weighted by Crippen LogP contribution is 2.36. The molecule has 0 radical (unpaired) electrons. The third-order valence-corrected chi connectivity index (χ3v) is 4.75. The molecule has 108 valence electrons. The van der Waals surface area contributed by atoms with Crippen molar-refractivity contribution in [2.75, 3.05) is 0 Å². The van der Waals surface area contributed by atoms with E-state index in [1.807, 2.05) is 13.8 Å². The number of alkyl halides is 1. The fraction of sp³-hybridized carbons (Fsp3) is 0.444. The molecule has 2 aromatic rings. The smallest absolute Gasteiger partial charge is 0.106 e. The third kappa shape index (κ3) is 2.78. The zero-order valence-corrected chi connectivity index (χ0v) is 13.7. The van der Waals surface area contributed by atoms with Crippen molar-refractivity contribution in [2.45, 2.75) is 52.3 Å². The predicted octanol–water partition coefficient (Wildman–Crippen LogP) is 6.05. The molecule has 0 aliphatic carbocycles. The van der Waals surface area contributed by atoms with Gasteiger partial charge in [0.2, 0.25) is 0 Å². The molecular weight excluding hydrogens is 268 g/mol. The van der Waals surface area contributed by atoms with E-state index in [4.69, 9.17) is 16.0 Å². The molecule has 0 amide bonds. The summed E-state index contributed by atoms with van der Waals surface area (Å²) in [4.78, 5) is 0. The summed E-state index contributed by atoms with van der Waals surface area (Å²) in [5.74, 6) is 2.47. The number of rotatable bonds is 4. The van der Waals surface area contributed by atoms with Crippen molar-refractivity contribution in [1.29, 1.82) is 0 Å². The van der Waals surface area contributed by atoms with E-state index in [-0.39, 0.29) is 5.38 Å². The molecule has 0 bridgehead atoms. The summed E-state index contributed by atoms with van der Waals surface area (Å²) < 4.78 is 5.68. The Balaban J connectivity index is 2.31. The normalized spacial score (nSPS) is 14.3. The van der Waals surface area contributed by atoms with E-state index in [2.05, 4.69) is 45.0 Å². The molecule has 1 nitrogen and oxygen atoms in total. The molecule has 0 saturated heterocycles. The highest BCUT2D eigenvalue weighted by atomic mass is 35.5. The zero-order chi connectivity index (χ0) is 14.9. The summed E-state index contributed by atoms with van der Waals surface area (Å²) >= 11 is 6.66. The van der Waals surface area contributed by atoms with Crippen LogP contribution in [-0.2, 0) is 0 Å². The number of halogens is 1. The second-order valence-corrected chi connectivity index (χ2v) is 6.03. The van der Waals surface area contributed by atoms with Gasteiger partial charge in [-0.25, -0.2) is 0 Å². The molecule has 0 N–H and O–H groups in total. The van der Waals surface area contributed by atoms with Gasteiger partial charge in [0.1, 0.15) is 11.5 Å². The Morgan fingerprint density at radius 2 is 1.55 bits per heavy atom. The van der Waals surface area contributed by atoms with Crippen LogP contribution >= 0.6 is 11.6 Å². The average Bonchev–Trinajstić information content (AvgIpc) is 2.71. The summed E-state index contributed by atoms with van der Waals surface area (Å²) in [5.41, 5.74) is 4.77. The molecule has 0 saturated carbocycles. The van der Waals surface area contributed by atoms with Gasteiger partial charge in [-0.3, -0.25) is 0 Å². The van der Waals surface area contributed by atoms with Gasteiger partial charge in [-0.1, -0.05) is 38.1 Å². The summed E-state index contributed by atoms with van der Waals surface area (Å²) in [6, 6.07) is 8.66. The van der Waals surface area contributed by atoms with Gasteiger partial charge in [-0.05, 0) is 49.8 Å². The highest BCUT2D eigenvalue weighted by molar-refractivity contribution is 6.22. The molecule has 0 fully saturated rings. The van der Waals surface area contributed by atoms with E-state index in [9.17, 15) is 0 Å². The average molecular weight is 291 g/mol. The fourth-order valence-electron chi connectivity index (χ4n) is 2.58. The molecule has 20 heavy (non-hydrogen) atoms. The van der Waals surface area contributed by atoms with Gasteiger partial charge in [-0.15, -0.1) is 11.6 Å². The molecule has 2 rings (SSSR count). The van der Waals surface area contributed by atoms with Gasteiger partial charge in [0, 0.05) is 5.56 Å². The van der Waals surface area contributed by atoms with Crippen LogP contribution in [0.1, 0.15) is 65.3 Å². The Bertz CT molecular complexity index is 580. The van der Waals surface area contributed by atoms with Crippen LogP contribution in [-0.4, -0.2) is 0 Å². The van der Waals surface area contributed by atoms with Crippen molar-refractivity contribution < 1.29 is 4.42 Å². The van der Waals surface area contributed by atoms with E-state index in [1.165, 1.54) is 5.56 Å². The monoisotopic (exact) mass is 290 g/mol. The molecule has 2 atom stereocenters. The van der Waals surface area contributed by atoms with E-state index >= 15 is 0 Å². The van der Waals surface area contributed by atoms with Crippen LogP contribution in [0.15, 0.2) is 28.7 Å². The number of hydrogen-bond acceptors (Lipinski definition) is 1. The van der Waals surface area contributed by atoms with Crippen LogP contribution in [0.5, 0.6) is 0 Å². The lowest BCUT2D eigenvalue weighted by Crippen LogP contribution is -1.98. The minimum atomic E-state index is -0.140. The molecule has 1 aromatic heterocycles. The van der Waals surface area contributed by atoms with Crippen LogP contribution in [0.25, 0.3) is 0 Å². The van der Waals surface area contributed by atoms with Crippen LogP contribution in [0.2, 0.25) is 0 Å². The van der Waals surface area contributed by atoms with Crippen molar-refractivity contribution in [1.82, 2.24) is 0 Å². The molecule has 2 unspecified atom stereocenters. The Labute approximate surface area is 127 Å². The van der Waals surface area contributed by atoms with Gasteiger partial charge < -0.3 is 4.42 Å². The summed E-state index contributed by atoms with van der Waals surface area (Å²) in [7, 11) is 0. The maximum absolute atomic E-state index is 6.66. The van der Waals surface area contributed by atoms with Crippen molar-refractivity contribution in [3.05, 3.63) is 58.0 Å². The highest BCUT2D eigenvalue weighted by Gasteiger charge is 2.20. The van der Waals surface area contributed by atoms with Crippen LogP contribution < -0.4 is 0 Å². The quantitative estimate of drug-likeness (QED) is 0.625. The number of hydrogen-bond donors (Lipinski definition) is 0. The van der Waals surface area contributed by atoms with Gasteiger partial charge in [0.05, 0.1) is 5.38 Å².